The molecule has 1 fully saturated rings. The van der Waals surface area contributed by atoms with E-state index in [4.69, 9.17) is 4.74 Å². The number of hydrogen-bond acceptors (Lipinski definition) is 5. The van der Waals surface area contributed by atoms with Crippen LogP contribution in [0.1, 0.15) is 28.1 Å². The van der Waals surface area contributed by atoms with Crippen molar-refractivity contribution in [2.75, 3.05) is 12.4 Å². The largest absolute Gasteiger partial charge is 0.481 e. The third-order valence-electron chi connectivity index (χ3n) is 4.83. The maximum Gasteiger partial charge on any atom is 0.340 e. The van der Waals surface area contributed by atoms with E-state index in [-0.39, 0.29) is 17.7 Å². The third kappa shape index (κ3) is 2.84. The minimum Gasteiger partial charge on any atom is -0.481 e. The zero-order chi connectivity index (χ0) is 17.4. The number of rotatable bonds is 4. The summed E-state index contributed by atoms with van der Waals surface area (Å²) < 4.78 is 4.74. The molecular weight excluding hydrogens is 330 g/mol. The lowest BCUT2D eigenvalue weighted by Gasteiger charge is -2.41. The Labute approximate surface area is 143 Å². The van der Waals surface area contributed by atoms with E-state index < -0.39 is 23.8 Å². The number of hydrogen-bond donors (Lipinski definition) is 2. The molecule has 3 aliphatic carbocycles. The lowest BCUT2D eigenvalue weighted by atomic mass is 9.62. The summed E-state index contributed by atoms with van der Waals surface area (Å²) >= 11 is 1.28. The molecule has 0 aliphatic heterocycles. The van der Waals surface area contributed by atoms with E-state index in [0.29, 0.717) is 10.6 Å². The smallest absolute Gasteiger partial charge is 0.340 e. The summed E-state index contributed by atoms with van der Waals surface area (Å²) in [6, 6.07) is 1.66. The van der Waals surface area contributed by atoms with Crippen LogP contribution in [0.3, 0.4) is 0 Å². The van der Waals surface area contributed by atoms with Crippen LogP contribution in [0.4, 0.5) is 5.00 Å². The molecule has 7 heteroatoms. The number of anilines is 1. The molecular formula is C17H19NO5S. The molecule has 128 valence electrons. The molecule has 0 aromatic carbocycles. The maximum absolute atomic E-state index is 12.8. The zero-order valence-electron chi connectivity index (χ0n) is 13.4. The number of ether oxygens (including phenoxy) is 1. The number of esters is 1. The monoisotopic (exact) mass is 349 g/mol. The van der Waals surface area contributed by atoms with Crippen molar-refractivity contribution in [2.45, 2.75) is 19.8 Å². The molecule has 6 nitrogen and oxygen atoms in total. The van der Waals surface area contributed by atoms with Crippen molar-refractivity contribution in [3.8, 4) is 0 Å². The number of aryl methyl sites for hydroxylation is 1. The van der Waals surface area contributed by atoms with Crippen LogP contribution in [0.15, 0.2) is 18.2 Å². The average molecular weight is 349 g/mol. The van der Waals surface area contributed by atoms with Crippen LogP contribution in [0.2, 0.25) is 0 Å². The third-order valence-corrected chi connectivity index (χ3v) is 5.80. The number of thiophene rings is 1. The molecule has 0 saturated heterocycles. The van der Waals surface area contributed by atoms with Gasteiger partial charge in [-0.25, -0.2) is 4.79 Å². The Hall–Kier alpha value is -2.15. The summed E-state index contributed by atoms with van der Waals surface area (Å²) in [7, 11) is 1.28. The van der Waals surface area contributed by atoms with Crippen LogP contribution in [0.5, 0.6) is 0 Å². The molecule has 1 heterocycles. The topological polar surface area (TPSA) is 92.7 Å². The molecule has 1 aromatic rings. The summed E-state index contributed by atoms with van der Waals surface area (Å²) in [5.41, 5.74) is 0.303. The van der Waals surface area contributed by atoms with Crippen molar-refractivity contribution in [3.63, 3.8) is 0 Å². The fraction of sp³-hybridized carbons (Fsp3) is 0.471. The van der Waals surface area contributed by atoms with Crippen molar-refractivity contribution < 1.29 is 24.2 Å². The molecule has 24 heavy (non-hydrogen) atoms. The van der Waals surface area contributed by atoms with Gasteiger partial charge in [0.05, 0.1) is 24.5 Å². The number of methoxy groups -OCH3 is 1. The van der Waals surface area contributed by atoms with Gasteiger partial charge in [0.15, 0.2) is 0 Å². The molecule has 4 atom stereocenters. The Bertz CT molecular complexity index is 723. The number of aliphatic carboxylic acids is 1. The van der Waals surface area contributed by atoms with E-state index in [0.717, 1.165) is 17.7 Å². The highest BCUT2D eigenvalue weighted by molar-refractivity contribution is 7.16. The fourth-order valence-electron chi connectivity index (χ4n) is 3.75. The highest BCUT2D eigenvalue weighted by Gasteiger charge is 2.48. The van der Waals surface area contributed by atoms with Crippen LogP contribution in [0, 0.1) is 30.6 Å². The van der Waals surface area contributed by atoms with Gasteiger partial charge in [0, 0.05) is 4.88 Å². The molecule has 3 aliphatic rings. The van der Waals surface area contributed by atoms with Crippen molar-refractivity contribution in [3.05, 3.63) is 28.7 Å². The van der Waals surface area contributed by atoms with Gasteiger partial charge >= 0.3 is 11.9 Å². The lowest BCUT2D eigenvalue weighted by molar-refractivity contribution is -0.151. The summed E-state index contributed by atoms with van der Waals surface area (Å²) in [6.07, 6.45) is 5.49. The number of allylic oxidation sites excluding steroid dienone is 2. The number of nitrogens with one attached hydrogen (secondary N) is 1. The Kier molecular flexibility index (Phi) is 4.45. The predicted octanol–water partition coefficient (Wildman–Crippen LogP) is 2.69. The first-order valence-corrected chi connectivity index (χ1v) is 8.64. The zero-order valence-corrected chi connectivity index (χ0v) is 14.3. The molecule has 2 bridgehead atoms. The minimum atomic E-state index is -0.940. The quantitative estimate of drug-likeness (QED) is 0.644. The van der Waals surface area contributed by atoms with Crippen LogP contribution < -0.4 is 5.32 Å². The molecule has 1 amide bonds. The van der Waals surface area contributed by atoms with Gasteiger partial charge in [-0.05, 0) is 37.7 Å². The summed E-state index contributed by atoms with van der Waals surface area (Å²) in [4.78, 5) is 37.1. The Morgan fingerprint density at radius 1 is 1.21 bits per heavy atom. The second kappa shape index (κ2) is 6.39. The maximum atomic E-state index is 12.8. The number of carboxylic acid groups (broad SMARTS) is 1. The van der Waals surface area contributed by atoms with Gasteiger partial charge in [-0.1, -0.05) is 12.2 Å². The first kappa shape index (κ1) is 16.7. The van der Waals surface area contributed by atoms with E-state index in [9.17, 15) is 19.5 Å². The molecule has 2 N–H and O–H groups in total. The van der Waals surface area contributed by atoms with Crippen LogP contribution in [0.25, 0.3) is 0 Å². The Morgan fingerprint density at radius 2 is 1.83 bits per heavy atom. The fourth-order valence-corrected chi connectivity index (χ4v) is 4.65. The van der Waals surface area contributed by atoms with Gasteiger partial charge in [0.2, 0.25) is 5.91 Å². The molecule has 4 rings (SSSR count). The van der Waals surface area contributed by atoms with Gasteiger partial charge in [0.1, 0.15) is 5.00 Å². The predicted molar refractivity (Wildman–Crippen MR) is 89.0 cm³/mol. The second-order valence-corrected chi connectivity index (χ2v) is 7.52. The average Bonchev–Trinajstić information content (AvgIpc) is 2.94. The van der Waals surface area contributed by atoms with Crippen molar-refractivity contribution >= 4 is 34.2 Å². The first-order valence-electron chi connectivity index (χ1n) is 7.83. The number of carbonyl (C=O) groups excluding carboxylic acids is 2. The van der Waals surface area contributed by atoms with E-state index >= 15 is 0 Å². The highest BCUT2D eigenvalue weighted by Crippen LogP contribution is 2.45. The second-order valence-electron chi connectivity index (χ2n) is 6.26. The Morgan fingerprint density at radius 3 is 2.38 bits per heavy atom. The number of amides is 1. The standard InChI is InChI=1S/C17H19NO5S/c1-8-7-11(17(22)23-2)15(24-8)18-14(19)12-9-3-5-10(6-4-9)13(12)16(20)21/h3,5,7,9-10,12-13H,4,6H2,1-2H3,(H,18,19)(H,20,21)/t9-,10+,12+,13+/m1/s1. The Balaban J connectivity index is 1.86. The van der Waals surface area contributed by atoms with E-state index in [1.165, 1.54) is 18.4 Å². The van der Waals surface area contributed by atoms with Crippen molar-refractivity contribution in [1.29, 1.82) is 0 Å². The van der Waals surface area contributed by atoms with Crippen molar-refractivity contribution in [1.82, 2.24) is 0 Å². The highest BCUT2D eigenvalue weighted by atomic mass is 32.1. The number of fused-ring (bicyclic) bond motifs is 2. The van der Waals surface area contributed by atoms with Gasteiger partial charge in [0.25, 0.3) is 0 Å². The van der Waals surface area contributed by atoms with Gasteiger partial charge in [-0.3, -0.25) is 9.59 Å². The van der Waals surface area contributed by atoms with E-state index in [2.05, 4.69) is 5.32 Å². The van der Waals surface area contributed by atoms with Gasteiger partial charge in [-0.2, -0.15) is 0 Å². The van der Waals surface area contributed by atoms with Crippen molar-refractivity contribution in [2.24, 2.45) is 23.7 Å². The minimum absolute atomic E-state index is 0.0706. The van der Waals surface area contributed by atoms with Gasteiger partial charge < -0.3 is 15.2 Å². The molecule has 0 spiro atoms. The van der Waals surface area contributed by atoms with E-state index in [1.807, 2.05) is 19.1 Å². The molecule has 1 aromatic heterocycles. The molecule has 1 saturated carbocycles. The summed E-state index contributed by atoms with van der Waals surface area (Å²) in [5, 5.41) is 12.7. The summed E-state index contributed by atoms with van der Waals surface area (Å²) in [6.45, 7) is 1.83. The number of carbonyl (C=O) groups is 3. The summed E-state index contributed by atoms with van der Waals surface area (Å²) in [5.74, 6) is -3.30. The van der Waals surface area contributed by atoms with E-state index in [1.54, 1.807) is 6.07 Å². The lowest BCUT2D eigenvalue weighted by Crippen LogP contribution is -2.47. The van der Waals surface area contributed by atoms with Crippen LogP contribution >= 0.6 is 11.3 Å². The normalized spacial score (nSPS) is 27.8. The van der Waals surface area contributed by atoms with Gasteiger partial charge in [-0.15, -0.1) is 11.3 Å². The number of carboxylic acids is 1. The molecule has 0 unspecified atom stereocenters. The first-order chi connectivity index (χ1) is 11.4. The van der Waals surface area contributed by atoms with Crippen LogP contribution in [-0.2, 0) is 14.3 Å². The van der Waals surface area contributed by atoms with Crippen LogP contribution in [-0.4, -0.2) is 30.1 Å². The molecule has 0 radical (unpaired) electrons. The SMILES string of the molecule is COC(=O)c1cc(C)sc1NC(=O)[C@@H]1[C@@H](C(=O)O)[C@H]2C=C[C@@H]1CC2.